The zero-order valence-corrected chi connectivity index (χ0v) is 14.2. The van der Waals surface area contributed by atoms with Crippen molar-refractivity contribution >= 4 is 42.4 Å². The maximum absolute atomic E-state index is 13.2. The number of hydrogen-bond donors (Lipinski definition) is 2. The van der Waals surface area contributed by atoms with E-state index < -0.39 is 32.7 Å². The highest BCUT2D eigenvalue weighted by atomic mass is 79.9. The predicted octanol–water partition coefficient (Wildman–Crippen LogP) is 1.61. The Kier molecular flexibility index (Phi) is 6.11. The zero-order valence-electron chi connectivity index (χ0n) is 11.0. The molecule has 1 aromatic rings. The minimum atomic E-state index is -3.85. The Morgan fingerprint density at radius 1 is 1.50 bits per heavy atom. The van der Waals surface area contributed by atoms with Crippen molar-refractivity contribution in [2.75, 3.05) is 17.7 Å². The predicted molar refractivity (Wildman–Crippen MR) is 81.8 cm³/mol. The summed E-state index contributed by atoms with van der Waals surface area (Å²) in [6, 6.07) is 1.68. The second-order valence-electron chi connectivity index (χ2n) is 4.39. The molecule has 0 spiro atoms. The third-order valence-corrected chi connectivity index (χ3v) is 5.60. The maximum Gasteiger partial charge on any atom is 0.242 e. The summed E-state index contributed by atoms with van der Waals surface area (Å²) in [5.74, 6) is -0.234. The molecule has 5 nitrogen and oxygen atoms in total. The minimum absolute atomic E-state index is 0.0226. The Morgan fingerprint density at radius 3 is 2.65 bits per heavy atom. The number of halogens is 2. The van der Waals surface area contributed by atoms with Gasteiger partial charge in [0.1, 0.15) is 10.7 Å². The lowest BCUT2D eigenvalue weighted by Gasteiger charge is -2.15. The standard InChI is InChI=1S/C11H16BrFN2O3S2/c1-7(3-4-19(2)16)15-20(17,18)11-5-8(12)9(13)6-10(11)14/h5-7,15H,3-4,14H2,1-2H3. The van der Waals surface area contributed by atoms with E-state index in [1.165, 1.54) is 0 Å². The van der Waals surface area contributed by atoms with Crippen molar-refractivity contribution in [3.63, 3.8) is 0 Å². The van der Waals surface area contributed by atoms with Crippen LogP contribution in [0.3, 0.4) is 0 Å². The van der Waals surface area contributed by atoms with E-state index in [0.29, 0.717) is 12.2 Å². The van der Waals surface area contributed by atoms with Gasteiger partial charge in [0.15, 0.2) is 0 Å². The fourth-order valence-corrected chi connectivity index (χ4v) is 4.10. The Bertz CT molecular complexity index is 622. The Balaban J connectivity index is 2.94. The third kappa shape index (κ3) is 4.80. The van der Waals surface area contributed by atoms with Crippen molar-refractivity contribution in [3.05, 3.63) is 22.4 Å². The minimum Gasteiger partial charge on any atom is -0.398 e. The fraction of sp³-hybridized carbons (Fsp3) is 0.455. The van der Waals surface area contributed by atoms with Gasteiger partial charge in [-0.3, -0.25) is 4.21 Å². The first-order valence-electron chi connectivity index (χ1n) is 5.70. The number of nitrogens with two attached hydrogens (primary N) is 1. The summed E-state index contributed by atoms with van der Waals surface area (Å²) in [4.78, 5) is -0.185. The molecule has 0 aliphatic rings. The number of sulfonamides is 1. The second kappa shape index (κ2) is 6.97. The van der Waals surface area contributed by atoms with Gasteiger partial charge in [0.05, 0.1) is 10.2 Å². The molecule has 3 N–H and O–H groups in total. The van der Waals surface area contributed by atoms with Crippen LogP contribution in [0.25, 0.3) is 0 Å². The van der Waals surface area contributed by atoms with Crippen LogP contribution in [0.15, 0.2) is 21.5 Å². The van der Waals surface area contributed by atoms with Crippen LogP contribution in [0.1, 0.15) is 13.3 Å². The first-order chi connectivity index (χ1) is 9.13. The number of nitrogen functional groups attached to an aromatic ring is 1. The summed E-state index contributed by atoms with van der Waals surface area (Å²) < 4.78 is 51.0. The van der Waals surface area contributed by atoms with E-state index >= 15 is 0 Å². The van der Waals surface area contributed by atoms with Gasteiger partial charge in [0, 0.05) is 28.9 Å². The molecule has 0 saturated heterocycles. The van der Waals surface area contributed by atoms with Crippen molar-refractivity contribution in [2.24, 2.45) is 0 Å². The van der Waals surface area contributed by atoms with E-state index in [-0.39, 0.29) is 15.1 Å². The summed E-state index contributed by atoms with van der Waals surface area (Å²) in [6.07, 6.45) is 1.99. The molecule has 0 saturated carbocycles. The van der Waals surface area contributed by atoms with Crippen LogP contribution in [-0.4, -0.2) is 30.7 Å². The van der Waals surface area contributed by atoms with Crippen molar-refractivity contribution in [3.8, 4) is 0 Å². The van der Waals surface area contributed by atoms with Gasteiger partial charge >= 0.3 is 0 Å². The van der Waals surface area contributed by atoms with E-state index in [2.05, 4.69) is 20.7 Å². The van der Waals surface area contributed by atoms with Crippen molar-refractivity contribution < 1.29 is 17.0 Å². The smallest absolute Gasteiger partial charge is 0.242 e. The van der Waals surface area contributed by atoms with E-state index in [4.69, 9.17) is 5.73 Å². The molecule has 0 aromatic heterocycles. The molecule has 0 aliphatic heterocycles. The third-order valence-electron chi connectivity index (χ3n) is 2.54. The highest BCUT2D eigenvalue weighted by Crippen LogP contribution is 2.26. The molecule has 0 amide bonds. The van der Waals surface area contributed by atoms with Gasteiger partial charge in [-0.1, -0.05) is 0 Å². The van der Waals surface area contributed by atoms with E-state index in [1.54, 1.807) is 13.2 Å². The van der Waals surface area contributed by atoms with Crippen LogP contribution >= 0.6 is 15.9 Å². The highest BCUT2D eigenvalue weighted by Gasteiger charge is 2.21. The summed E-state index contributed by atoms with van der Waals surface area (Å²) in [6.45, 7) is 1.67. The molecular formula is C11H16BrFN2O3S2. The van der Waals surface area contributed by atoms with Crippen LogP contribution in [0, 0.1) is 5.82 Å². The lowest BCUT2D eigenvalue weighted by atomic mass is 10.3. The Morgan fingerprint density at radius 2 is 2.10 bits per heavy atom. The quantitative estimate of drug-likeness (QED) is 0.726. The number of hydrogen-bond acceptors (Lipinski definition) is 4. The summed E-state index contributed by atoms with van der Waals surface area (Å²) in [5, 5.41) is 0. The summed E-state index contributed by atoms with van der Waals surface area (Å²) >= 11 is 2.93. The molecule has 2 unspecified atom stereocenters. The lowest BCUT2D eigenvalue weighted by Crippen LogP contribution is -2.34. The molecule has 0 bridgehead atoms. The van der Waals surface area contributed by atoms with Gasteiger partial charge in [0.25, 0.3) is 0 Å². The molecule has 0 fully saturated rings. The molecule has 114 valence electrons. The van der Waals surface area contributed by atoms with Crippen molar-refractivity contribution in [2.45, 2.75) is 24.3 Å². The molecule has 1 aromatic carbocycles. The molecule has 2 atom stereocenters. The molecule has 9 heteroatoms. The van der Waals surface area contributed by atoms with Gasteiger partial charge in [-0.25, -0.2) is 17.5 Å². The molecular weight excluding hydrogens is 371 g/mol. The summed E-state index contributed by atoms with van der Waals surface area (Å²) in [7, 11) is -4.83. The average molecular weight is 387 g/mol. The van der Waals surface area contributed by atoms with Gasteiger partial charge in [0.2, 0.25) is 10.0 Å². The van der Waals surface area contributed by atoms with Gasteiger partial charge in [-0.2, -0.15) is 0 Å². The van der Waals surface area contributed by atoms with Crippen LogP contribution in [0.5, 0.6) is 0 Å². The zero-order chi connectivity index (χ0) is 15.5. The van der Waals surface area contributed by atoms with Crippen LogP contribution in [0.4, 0.5) is 10.1 Å². The van der Waals surface area contributed by atoms with Gasteiger partial charge in [-0.15, -0.1) is 0 Å². The number of rotatable bonds is 6. The molecule has 20 heavy (non-hydrogen) atoms. The van der Waals surface area contributed by atoms with Gasteiger partial charge < -0.3 is 5.73 Å². The van der Waals surface area contributed by atoms with Crippen LogP contribution < -0.4 is 10.5 Å². The summed E-state index contributed by atoms with van der Waals surface area (Å²) in [5.41, 5.74) is 5.38. The maximum atomic E-state index is 13.2. The van der Waals surface area contributed by atoms with Crippen molar-refractivity contribution in [1.29, 1.82) is 0 Å². The van der Waals surface area contributed by atoms with Crippen LogP contribution in [0.2, 0.25) is 0 Å². The number of anilines is 1. The second-order valence-corrected chi connectivity index (χ2v) is 8.48. The average Bonchev–Trinajstić information content (AvgIpc) is 2.30. The Labute approximate surface area is 128 Å². The van der Waals surface area contributed by atoms with E-state index in [0.717, 1.165) is 12.1 Å². The number of benzene rings is 1. The SMILES string of the molecule is CC(CCS(C)=O)NS(=O)(=O)c1cc(Br)c(F)cc1N. The molecule has 0 heterocycles. The normalized spacial score (nSPS) is 15.0. The molecule has 0 aliphatic carbocycles. The monoisotopic (exact) mass is 386 g/mol. The van der Waals surface area contributed by atoms with E-state index in [9.17, 15) is 17.0 Å². The Hall–Kier alpha value is -0.510. The topological polar surface area (TPSA) is 89.3 Å². The van der Waals surface area contributed by atoms with Gasteiger partial charge in [-0.05, 0) is 41.4 Å². The lowest BCUT2D eigenvalue weighted by molar-refractivity contribution is 0.555. The first kappa shape index (κ1) is 17.5. The van der Waals surface area contributed by atoms with Crippen LogP contribution in [-0.2, 0) is 20.8 Å². The van der Waals surface area contributed by atoms with Crippen molar-refractivity contribution in [1.82, 2.24) is 4.72 Å². The molecule has 0 radical (unpaired) electrons. The number of nitrogens with one attached hydrogen (secondary N) is 1. The highest BCUT2D eigenvalue weighted by molar-refractivity contribution is 9.10. The van der Waals surface area contributed by atoms with E-state index in [1.807, 2.05) is 0 Å². The molecule has 1 rings (SSSR count). The fourth-order valence-electron chi connectivity index (χ4n) is 1.51. The first-order valence-corrected chi connectivity index (χ1v) is 9.70. The largest absolute Gasteiger partial charge is 0.398 e.